The Morgan fingerprint density at radius 1 is 1.00 bits per heavy atom. The van der Waals surface area contributed by atoms with E-state index >= 15 is 0 Å². The maximum atomic E-state index is 11.3. The summed E-state index contributed by atoms with van der Waals surface area (Å²) in [5.74, 6) is 4.10. The second-order valence-corrected chi connectivity index (χ2v) is 13.1. The summed E-state index contributed by atoms with van der Waals surface area (Å²) < 4.78 is 2.40. The van der Waals surface area contributed by atoms with Crippen molar-refractivity contribution in [3.05, 3.63) is 5.82 Å². The Balaban J connectivity index is 1.46. The SMILES string of the molecule is CC1CCC(Cn2c(N3CCC[C@@H]4CCCC[C@H]43)nc3nc(C(=N)NC(=O)O)nc(N[C@H](C)C4CCC4)c32)CC1. The van der Waals surface area contributed by atoms with Gasteiger partial charge in [-0.25, -0.2) is 14.8 Å². The Bertz CT molecular complexity index is 1230. The average Bonchev–Trinajstić information content (AvgIpc) is 3.26. The van der Waals surface area contributed by atoms with E-state index in [9.17, 15) is 9.90 Å². The summed E-state index contributed by atoms with van der Waals surface area (Å²) in [7, 11) is 0. The molecule has 4 fully saturated rings. The van der Waals surface area contributed by atoms with Crippen molar-refractivity contribution in [1.82, 2.24) is 24.8 Å². The van der Waals surface area contributed by atoms with Gasteiger partial charge in [-0.3, -0.25) is 10.7 Å². The molecule has 3 saturated carbocycles. The maximum Gasteiger partial charge on any atom is 0.410 e. The zero-order valence-electron chi connectivity index (χ0n) is 24.2. The number of aromatic nitrogens is 4. The van der Waals surface area contributed by atoms with Gasteiger partial charge in [-0.05, 0) is 82.0 Å². The molecule has 3 atom stereocenters. The van der Waals surface area contributed by atoms with Gasteiger partial charge in [-0.15, -0.1) is 0 Å². The third-order valence-corrected chi connectivity index (χ3v) is 10.3. The molecule has 1 amide bonds. The van der Waals surface area contributed by atoms with E-state index in [1.54, 1.807) is 0 Å². The molecule has 10 nitrogen and oxygen atoms in total. The van der Waals surface area contributed by atoms with Gasteiger partial charge in [0.25, 0.3) is 0 Å². The molecule has 0 radical (unpaired) electrons. The molecule has 40 heavy (non-hydrogen) atoms. The number of fused-ring (bicyclic) bond motifs is 2. The minimum Gasteiger partial charge on any atom is -0.465 e. The topological polar surface area (TPSA) is 132 Å². The third kappa shape index (κ3) is 5.50. The van der Waals surface area contributed by atoms with Crippen molar-refractivity contribution in [3.63, 3.8) is 0 Å². The fourth-order valence-corrected chi connectivity index (χ4v) is 7.71. The van der Waals surface area contributed by atoms with Crippen LogP contribution in [0.3, 0.4) is 0 Å². The summed E-state index contributed by atoms with van der Waals surface area (Å²) in [4.78, 5) is 28.6. The molecule has 1 aliphatic heterocycles. The molecule has 4 N–H and O–H groups in total. The van der Waals surface area contributed by atoms with Crippen LogP contribution in [0.25, 0.3) is 11.2 Å². The van der Waals surface area contributed by atoms with Crippen LogP contribution in [0.1, 0.15) is 103 Å². The molecule has 218 valence electrons. The quantitative estimate of drug-likeness (QED) is 0.245. The van der Waals surface area contributed by atoms with Crippen molar-refractivity contribution >= 4 is 34.9 Å². The highest BCUT2D eigenvalue weighted by molar-refractivity contribution is 6.03. The molecule has 10 heteroatoms. The number of nitrogens with zero attached hydrogens (tertiary/aromatic N) is 5. The Morgan fingerprint density at radius 2 is 1.75 bits per heavy atom. The van der Waals surface area contributed by atoms with E-state index < -0.39 is 6.09 Å². The largest absolute Gasteiger partial charge is 0.465 e. The molecule has 0 aromatic carbocycles. The standard InChI is InChI=1S/C30H46N8O2/c1-18-12-14-20(15-13-18)17-38-24-26(32-19(2)21-8-5-9-21)34-28(25(31)33-30(39)40)35-27(24)36-29(38)37-16-6-10-22-7-3-4-11-23(22)37/h18-23H,3-17H2,1-2H3,(H2,31,33)(H,39,40)(H,32,34,35)/t18?,19-,20?,22+,23-/m1/s1. The molecule has 6 rings (SSSR count). The summed E-state index contributed by atoms with van der Waals surface area (Å²) in [6, 6.07) is 0.732. The molecular weight excluding hydrogens is 504 g/mol. The normalized spacial score (nSPS) is 28.0. The van der Waals surface area contributed by atoms with E-state index in [2.05, 4.69) is 33.9 Å². The Morgan fingerprint density at radius 3 is 2.48 bits per heavy atom. The molecular formula is C30H46N8O2. The predicted molar refractivity (Wildman–Crippen MR) is 157 cm³/mol. The number of imidazole rings is 1. The zero-order chi connectivity index (χ0) is 27.8. The van der Waals surface area contributed by atoms with Crippen LogP contribution in [-0.4, -0.2) is 55.2 Å². The molecule has 2 aromatic heterocycles. The van der Waals surface area contributed by atoms with Gasteiger partial charge in [-0.1, -0.05) is 39.0 Å². The number of nitrogens with one attached hydrogen (secondary N) is 3. The van der Waals surface area contributed by atoms with E-state index in [4.69, 9.17) is 20.4 Å². The van der Waals surface area contributed by atoms with Crippen LogP contribution >= 0.6 is 0 Å². The molecule has 3 aliphatic carbocycles. The summed E-state index contributed by atoms with van der Waals surface area (Å²) >= 11 is 0. The highest BCUT2D eigenvalue weighted by atomic mass is 16.4. The minimum absolute atomic E-state index is 0.0649. The van der Waals surface area contributed by atoms with Crippen molar-refractivity contribution in [2.75, 3.05) is 16.8 Å². The lowest BCUT2D eigenvalue weighted by atomic mass is 9.78. The van der Waals surface area contributed by atoms with Crippen LogP contribution < -0.4 is 15.5 Å². The van der Waals surface area contributed by atoms with Crippen molar-refractivity contribution in [3.8, 4) is 0 Å². The van der Waals surface area contributed by atoms with Crippen LogP contribution in [0.4, 0.5) is 16.6 Å². The van der Waals surface area contributed by atoms with Gasteiger partial charge in [0.2, 0.25) is 5.95 Å². The van der Waals surface area contributed by atoms with Crippen molar-refractivity contribution in [1.29, 1.82) is 5.41 Å². The van der Waals surface area contributed by atoms with Gasteiger partial charge in [0.1, 0.15) is 5.52 Å². The van der Waals surface area contributed by atoms with Crippen LogP contribution in [0.5, 0.6) is 0 Å². The second kappa shape index (κ2) is 11.5. The van der Waals surface area contributed by atoms with Crippen LogP contribution in [0, 0.1) is 29.1 Å². The first-order valence-electron chi connectivity index (χ1n) is 15.8. The second-order valence-electron chi connectivity index (χ2n) is 13.1. The molecule has 3 heterocycles. The van der Waals surface area contributed by atoms with E-state index in [-0.39, 0.29) is 17.7 Å². The van der Waals surface area contributed by atoms with Gasteiger partial charge in [0.15, 0.2) is 23.1 Å². The van der Waals surface area contributed by atoms with Crippen molar-refractivity contribution in [2.45, 2.75) is 116 Å². The number of amides is 1. The van der Waals surface area contributed by atoms with Gasteiger partial charge in [-0.2, -0.15) is 4.98 Å². The fourth-order valence-electron chi connectivity index (χ4n) is 7.71. The highest BCUT2D eigenvalue weighted by Crippen LogP contribution is 2.41. The van der Waals surface area contributed by atoms with E-state index in [0.29, 0.717) is 29.3 Å². The number of hydrogen-bond donors (Lipinski definition) is 4. The Labute approximate surface area is 237 Å². The lowest BCUT2D eigenvalue weighted by Gasteiger charge is -2.45. The summed E-state index contributed by atoms with van der Waals surface area (Å²) in [5.41, 5.74) is 1.46. The van der Waals surface area contributed by atoms with E-state index in [1.165, 1.54) is 83.5 Å². The summed E-state index contributed by atoms with van der Waals surface area (Å²) in [6.45, 7) is 6.47. The first kappa shape index (κ1) is 27.3. The van der Waals surface area contributed by atoms with Crippen molar-refractivity contribution in [2.24, 2.45) is 23.7 Å². The molecule has 1 saturated heterocycles. The number of anilines is 2. The zero-order valence-corrected chi connectivity index (χ0v) is 24.2. The molecule has 2 aromatic rings. The van der Waals surface area contributed by atoms with Gasteiger partial charge in [0.05, 0.1) is 0 Å². The number of piperidine rings is 1. The third-order valence-electron chi connectivity index (χ3n) is 10.3. The van der Waals surface area contributed by atoms with E-state index in [1.807, 2.05) is 0 Å². The Kier molecular flexibility index (Phi) is 7.86. The van der Waals surface area contributed by atoms with Gasteiger partial charge in [0, 0.05) is 25.2 Å². The number of rotatable bonds is 7. The summed E-state index contributed by atoms with van der Waals surface area (Å²) in [6.07, 6.45) is 14.9. The first-order valence-corrected chi connectivity index (χ1v) is 15.8. The number of carbonyl (C=O) groups is 1. The monoisotopic (exact) mass is 550 g/mol. The lowest BCUT2D eigenvalue weighted by Crippen LogP contribution is -2.48. The molecule has 4 aliphatic rings. The average molecular weight is 551 g/mol. The van der Waals surface area contributed by atoms with Crippen LogP contribution in [-0.2, 0) is 6.54 Å². The van der Waals surface area contributed by atoms with Gasteiger partial charge < -0.3 is 19.9 Å². The van der Waals surface area contributed by atoms with Crippen LogP contribution in [0.2, 0.25) is 0 Å². The predicted octanol–water partition coefficient (Wildman–Crippen LogP) is 6.01. The number of carboxylic acid groups (broad SMARTS) is 1. The fraction of sp³-hybridized carbons (Fsp3) is 0.767. The van der Waals surface area contributed by atoms with E-state index in [0.717, 1.165) is 36.4 Å². The van der Waals surface area contributed by atoms with Gasteiger partial charge >= 0.3 is 6.09 Å². The smallest absolute Gasteiger partial charge is 0.410 e. The molecule has 0 unspecified atom stereocenters. The Hall–Kier alpha value is -2.91. The highest BCUT2D eigenvalue weighted by Gasteiger charge is 2.37. The summed E-state index contributed by atoms with van der Waals surface area (Å²) in [5, 5.41) is 23.5. The van der Waals surface area contributed by atoms with Crippen LogP contribution in [0.15, 0.2) is 0 Å². The molecule has 0 bridgehead atoms. The number of amidine groups is 1. The number of hydrogen-bond acceptors (Lipinski definition) is 7. The van der Waals surface area contributed by atoms with Crippen molar-refractivity contribution < 1.29 is 9.90 Å². The minimum atomic E-state index is -1.29. The lowest BCUT2D eigenvalue weighted by molar-refractivity contribution is 0.200. The maximum absolute atomic E-state index is 11.3. The first-order chi connectivity index (χ1) is 19.4. The molecule has 0 spiro atoms.